The van der Waals surface area contributed by atoms with Gasteiger partial charge in [-0.1, -0.05) is 0 Å². The quantitative estimate of drug-likeness (QED) is 0.551. The van der Waals surface area contributed by atoms with Crippen LogP contribution >= 0.6 is 11.8 Å². The Bertz CT molecular complexity index is 251. The Morgan fingerprint density at radius 2 is 2.35 bits per heavy atom. The molecule has 1 aliphatic rings. The minimum absolute atomic E-state index is 0.0350. The Balaban J connectivity index is 2.03. The third-order valence-electron chi connectivity index (χ3n) is 2.63. The topological polar surface area (TPSA) is 78.4 Å². The highest BCUT2D eigenvalue weighted by Crippen LogP contribution is 2.10. The molecule has 3 N–H and O–H groups in total. The lowest BCUT2D eigenvalue weighted by Gasteiger charge is -2.21. The van der Waals surface area contributed by atoms with Crippen LogP contribution in [0.5, 0.6) is 0 Å². The van der Waals surface area contributed by atoms with Gasteiger partial charge in [-0.25, -0.2) is 0 Å². The minimum atomic E-state index is -0.0739. The van der Waals surface area contributed by atoms with Crippen LogP contribution in [0.2, 0.25) is 0 Å². The molecule has 0 aromatic carbocycles. The number of thioether (sulfide) groups is 1. The van der Waals surface area contributed by atoms with Crippen LogP contribution in [-0.4, -0.2) is 48.1 Å². The summed E-state index contributed by atoms with van der Waals surface area (Å²) < 4.78 is 0. The number of rotatable bonds is 7. The van der Waals surface area contributed by atoms with Crippen LogP contribution in [0, 0.1) is 5.92 Å². The van der Waals surface area contributed by atoms with Crippen molar-refractivity contribution in [3.8, 4) is 0 Å². The molecule has 0 aromatic heterocycles. The van der Waals surface area contributed by atoms with Crippen molar-refractivity contribution in [3.05, 3.63) is 0 Å². The van der Waals surface area contributed by atoms with Crippen LogP contribution in [0.1, 0.15) is 19.3 Å². The molecule has 1 heterocycles. The lowest BCUT2D eigenvalue weighted by atomic mass is 9.98. The van der Waals surface area contributed by atoms with Crippen LogP contribution in [0.4, 0.5) is 0 Å². The fourth-order valence-corrected chi connectivity index (χ4v) is 2.40. The minimum Gasteiger partial charge on any atom is -0.396 e. The van der Waals surface area contributed by atoms with Gasteiger partial charge in [-0.05, 0) is 18.6 Å². The van der Waals surface area contributed by atoms with E-state index < -0.39 is 0 Å². The van der Waals surface area contributed by atoms with Gasteiger partial charge in [0, 0.05) is 31.9 Å². The van der Waals surface area contributed by atoms with Crippen LogP contribution in [0.3, 0.4) is 0 Å². The summed E-state index contributed by atoms with van der Waals surface area (Å²) in [4.78, 5) is 22.6. The molecule has 6 heteroatoms. The van der Waals surface area contributed by atoms with Crippen molar-refractivity contribution in [2.24, 2.45) is 5.92 Å². The van der Waals surface area contributed by atoms with Crippen LogP contribution in [0.15, 0.2) is 0 Å². The van der Waals surface area contributed by atoms with E-state index in [1.165, 1.54) is 0 Å². The second-order valence-corrected chi connectivity index (χ2v) is 5.24. The second kappa shape index (κ2) is 8.36. The summed E-state index contributed by atoms with van der Waals surface area (Å²) in [5, 5.41) is 14.2. The van der Waals surface area contributed by atoms with E-state index in [0.717, 1.165) is 17.9 Å². The van der Waals surface area contributed by atoms with Crippen molar-refractivity contribution in [1.82, 2.24) is 10.6 Å². The van der Waals surface area contributed by atoms with Crippen LogP contribution in [0.25, 0.3) is 0 Å². The number of carbonyl (C=O) groups is 2. The normalized spacial score (nSPS) is 19.8. The largest absolute Gasteiger partial charge is 0.396 e. The number of hydrogen-bond donors (Lipinski definition) is 3. The van der Waals surface area contributed by atoms with Gasteiger partial charge in [0.1, 0.15) is 0 Å². The Labute approximate surface area is 106 Å². The molecule has 2 amide bonds. The lowest BCUT2D eigenvalue weighted by Crippen LogP contribution is -2.43. The second-order valence-electron chi connectivity index (χ2n) is 4.02. The zero-order chi connectivity index (χ0) is 12.5. The maximum Gasteiger partial charge on any atom is 0.224 e. The molecule has 0 aliphatic carbocycles. The third kappa shape index (κ3) is 5.93. The number of hydrogen-bond acceptors (Lipinski definition) is 4. The van der Waals surface area contributed by atoms with Gasteiger partial charge in [-0.3, -0.25) is 9.59 Å². The summed E-state index contributed by atoms with van der Waals surface area (Å²) in [6.07, 6.45) is 1.89. The van der Waals surface area contributed by atoms with Gasteiger partial charge >= 0.3 is 0 Å². The van der Waals surface area contributed by atoms with Crippen molar-refractivity contribution in [2.45, 2.75) is 19.3 Å². The first-order chi connectivity index (χ1) is 8.24. The summed E-state index contributed by atoms with van der Waals surface area (Å²) in [5.74, 6) is 1.79. The molecule has 0 saturated carbocycles. The van der Waals surface area contributed by atoms with Crippen LogP contribution < -0.4 is 10.6 Å². The first-order valence-electron chi connectivity index (χ1n) is 5.97. The summed E-state index contributed by atoms with van der Waals surface area (Å²) in [5.41, 5.74) is 0. The monoisotopic (exact) mass is 260 g/mol. The van der Waals surface area contributed by atoms with Gasteiger partial charge in [0.25, 0.3) is 0 Å². The SMILES string of the molecule is O=C1CCC(C(=O)NCCSCCCO)CN1. The highest BCUT2D eigenvalue weighted by molar-refractivity contribution is 7.99. The molecule has 5 nitrogen and oxygen atoms in total. The highest BCUT2D eigenvalue weighted by Gasteiger charge is 2.23. The van der Waals surface area contributed by atoms with E-state index in [1.54, 1.807) is 11.8 Å². The smallest absolute Gasteiger partial charge is 0.224 e. The molecule has 17 heavy (non-hydrogen) atoms. The third-order valence-corrected chi connectivity index (χ3v) is 3.70. The predicted octanol–water partition coefficient (Wildman–Crippen LogP) is -0.256. The molecule has 0 spiro atoms. The van der Waals surface area contributed by atoms with Gasteiger partial charge in [0.15, 0.2) is 0 Å². The Hall–Kier alpha value is -0.750. The van der Waals surface area contributed by atoms with E-state index in [2.05, 4.69) is 10.6 Å². The average molecular weight is 260 g/mol. The van der Waals surface area contributed by atoms with Crippen molar-refractivity contribution in [3.63, 3.8) is 0 Å². The van der Waals surface area contributed by atoms with E-state index in [1.807, 2.05) is 0 Å². The first-order valence-corrected chi connectivity index (χ1v) is 7.12. The van der Waals surface area contributed by atoms with E-state index in [0.29, 0.717) is 25.9 Å². The zero-order valence-electron chi connectivity index (χ0n) is 9.91. The van der Waals surface area contributed by atoms with Gasteiger partial charge in [-0.2, -0.15) is 11.8 Å². The molecule has 0 radical (unpaired) electrons. The molecular weight excluding hydrogens is 240 g/mol. The number of piperidine rings is 1. The molecule has 1 aliphatic heterocycles. The van der Waals surface area contributed by atoms with E-state index >= 15 is 0 Å². The average Bonchev–Trinajstić information content (AvgIpc) is 2.34. The fourth-order valence-electron chi connectivity index (χ4n) is 1.62. The lowest BCUT2D eigenvalue weighted by molar-refractivity contribution is -0.128. The standard InChI is InChI=1S/C11H20N2O3S/c14-5-1-6-17-7-4-12-11(16)9-2-3-10(15)13-8-9/h9,14H,1-8H2,(H,12,16)(H,13,15). The highest BCUT2D eigenvalue weighted by atomic mass is 32.2. The molecule has 1 fully saturated rings. The van der Waals surface area contributed by atoms with Gasteiger partial charge in [0.2, 0.25) is 11.8 Å². The number of carbonyl (C=O) groups excluding carboxylic acids is 2. The molecular formula is C11H20N2O3S. The molecule has 1 rings (SSSR count). The van der Waals surface area contributed by atoms with Crippen molar-refractivity contribution in [2.75, 3.05) is 31.2 Å². The van der Waals surface area contributed by atoms with Gasteiger partial charge < -0.3 is 15.7 Å². The van der Waals surface area contributed by atoms with Crippen molar-refractivity contribution < 1.29 is 14.7 Å². The Morgan fingerprint density at radius 1 is 1.53 bits per heavy atom. The summed E-state index contributed by atoms with van der Waals surface area (Å²) >= 11 is 1.72. The van der Waals surface area contributed by atoms with Crippen molar-refractivity contribution >= 4 is 23.6 Å². The molecule has 1 atom stereocenters. The van der Waals surface area contributed by atoms with E-state index in [-0.39, 0.29) is 24.3 Å². The Morgan fingerprint density at radius 3 is 3.00 bits per heavy atom. The summed E-state index contributed by atoms with van der Waals surface area (Å²) in [6, 6.07) is 0. The zero-order valence-corrected chi connectivity index (χ0v) is 10.7. The number of nitrogens with one attached hydrogen (secondary N) is 2. The maximum absolute atomic E-state index is 11.7. The number of aliphatic hydroxyl groups excluding tert-OH is 1. The summed E-state index contributed by atoms with van der Waals surface area (Å²) in [6.45, 7) is 1.34. The van der Waals surface area contributed by atoms with E-state index in [4.69, 9.17) is 5.11 Å². The van der Waals surface area contributed by atoms with Crippen LogP contribution in [-0.2, 0) is 9.59 Å². The van der Waals surface area contributed by atoms with Gasteiger partial charge in [-0.15, -0.1) is 0 Å². The molecule has 0 bridgehead atoms. The Kier molecular flexibility index (Phi) is 7.04. The molecule has 0 aromatic rings. The van der Waals surface area contributed by atoms with Gasteiger partial charge in [0.05, 0.1) is 5.92 Å². The molecule has 1 unspecified atom stereocenters. The maximum atomic E-state index is 11.7. The number of aliphatic hydroxyl groups is 1. The first kappa shape index (κ1) is 14.3. The fraction of sp³-hybridized carbons (Fsp3) is 0.818. The molecule has 98 valence electrons. The molecule has 1 saturated heterocycles. The van der Waals surface area contributed by atoms with Crippen molar-refractivity contribution in [1.29, 1.82) is 0 Å². The number of amides is 2. The predicted molar refractivity (Wildman–Crippen MR) is 67.8 cm³/mol. The summed E-state index contributed by atoms with van der Waals surface area (Å²) in [7, 11) is 0. The van der Waals surface area contributed by atoms with E-state index in [9.17, 15) is 9.59 Å².